The van der Waals surface area contributed by atoms with Gasteiger partial charge in [-0.15, -0.1) is 0 Å². The Kier molecular flexibility index (Phi) is 11.2. The average molecular weight is 886 g/mol. The Morgan fingerprint density at radius 3 is 1.42 bits per heavy atom. The molecule has 0 fully saturated rings. The smallest absolute Gasteiger partial charge is 0.159 e. The van der Waals surface area contributed by atoms with Gasteiger partial charge in [0.15, 0.2) is 11.6 Å². The number of pyridine rings is 4. The third kappa shape index (κ3) is 8.21. The van der Waals surface area contributed by atoms with E-state index in [1.165, 1.54) is 24.3 Å². The molecule has 0 radical (unpaired) electrons. The van der Waals surface area contributed by atoms with Gasteiger partial charge in [0.1, 0.15) is 23.0 Å². The molecule has 0 amide bonds. The van der Waals surface area contributed by atoms with Crippen molar-refractivity contribution in [1.29, 1.82) is 0 Å². The van der Waals surface area contributed by atoms with Gasteiger partial charge >= 0.3 is 0 Å². The van der Waals surface area contributed by atoms with Crippen LogP contribution in [0.5, 0.6) is 0 Å². The highest BCUT2D eigenvalue weighted by atomic mass is 19.1. The summed E-state index contributed by atoms with van der Waals surface area (Å²) in [6.07, 6.45) is 14.2. The van der Waals surface area contributed by atoms with Gasteiger partial charge in [0, 0.05) is 78.1 Å². The molecule has 0 spiro atoms. The first kappa shape index (κ1) is 42.0. The quantitative estimate of drug-likeness (QED) is 0.122. The van der Waals surface area contributed by atoms with Gasteiger partial charge in [-0.3, -0.25) is 30.1 Å². The number of benzene rings is 4. The fourth-order valence-corrected chi connectivity index (χ4v) is 7.88. The van der Waals surface area contributed by atoms with Gasteiger partial charge in [0.2, 0.25) is 0 Å². The normalized spacial score (nSPS) is 11.1. The maximum Gasteiger partial charge on any atom is 0.159 e. The van der Waals surface area contributed by atoms with Crippen LogP contribution in [0.3, 0.4) is 0 Å². The number of aromatic amines is 4. The lowest BCUT2D eigenvalue weighted by Crippen LogP contribution is -2.08. The van der Waals surface area contributed by atoms with Crippen LogP contribution in [0.4, 0.5) is 14.5 Å². The first-order valence-electron chi connectivity index (χ1n) is 21.5. The molecule has 15 heteroatoms. The second-order valence-electron chi connectivity index (χ2n) is 15.6. The molecular formula is C52H41F2N13. The van der Waals surface area contributed by atoms with Gasteiger partial charge in [-0.1, -0.05) is 56.3 Å². The average Bonchev–Trinajstić information content (AvgIpc) is 4.20. The van der Waals surface area contributed by atoms with E-state index in [0.717, 1.165) is 105 Å². The molecule has 0 aliphatic heterocycles. The minimum absolute atomic E-state index is 0.279. The summed E-state index contributed by atoms with van der Waals surface area (Å²) in [7, 11) is 3.99. The molecule has 0 aliphatic carbocycles. The highest BCUT2D eigenvalue weighted by Crippen LogP contribution is 2.35. The third-order valence-electron chi connectivity index (χ3n) is 11.2. The van der Waals surface area contributed by atoms with E-state index in [2.05, 4.69) is 74.6 Å². The summed E-state index contributed by atoms with van der Waals surface area (Å²) in [5.74, 6) is 0.714. The second kappa shape index (κ2) is 17.9. The summed E-state index contributed by atoms with van der Waals surface area (Å²) in [6, 6.07) is 31.0. The van der Waals surface area contributed by atoms with Gasteiger partial charge in [0.25, 0.3) is 0 Å². The third-order valence-corrected chi connectivity index (χ3v) is 11.2. The molecule has 13 nitrogen and oxygen atoms in total. The highest BCUT2D eigenvalue weighted by Gasteiger charge is 2.18. The maximum atomic E-state index is 13.4. The number of imidazole rings is 2. The Morgan fingerprint density at radius 1 is 0.448 bits per heavy atom. The lowest BCUT2D eigenvalue weighted by atomic mass is 10.0. The van der Waals surface area contributed by atoms with E-state index >= 15 is 0 Å². The first-order valence-corrected chi connectivity index (χ1v) is 21.5. The molecule has 8 aromatic heterocycles. The monoisotopic (exact) mass is 885 g/mol. The topological polar surface area (TPSA) is 170 Å². The van der Waals surface area contributed by atoms with Gasteiger partial charge in [-0.25, -0.2) is 18.7 Å². The predicted molar refractivity (Wildman–Crippen MR) is 261 cm³/mol. The van der Waals surface area contributed by atoms with Gasteiger partial charge < -0.3 is 14.9 Å². The zero-order valence-electron chi connectivity index (χ0n) is 36.7. The van der Waals surface area contributed by atoms with Crippen molar-refractivity contribution in [3.63, 3.8) is 0 Å². The van der Waals surface area contributed by atoms with Crippen LogP contribution in [-0.4, -0.2) is 74.4 Å². The van der Waals surface area contributed by atoms with E-state index in [1.54, 1.807) is 55.2 Å². The Labute approximate surface area is 382 Å². The van der Waals surface area contributed by atoms with Crippen molar-refractivity contribution in [2.45, 2.75) is 13.8 Å². The fourth-order valence-electron chi connectivity index (χ4n) is 7.88. The standard InChI is InChI=1S/C26H20FN7.C24H15FN6.C2H6/c1-34(2)19-9-17(11-28-12-19)16-5-8-22-20(10-16)25(33-32-22)26-30-23-14-29-13-21(24(23)31-26)15-3-6-18(27)7-4-15;25-17-6-3-14(4-7-17)19-12-27-13-21-22(19)29-24(28-21)23-18-10-15(5-8-20(18)30-31-23)16-2-1-9-26-11-16;1-2/h3-14H,1-2H3,(H,30,31)(H,32,33);1-13H,(H,28,29)(H,30,31);1-2H3. The summed E-state index contributed by atoms with van der Waals surface area (Å²) in [5, 5.41) is 17.1. The number of fused-ring (bicyclic) bond motifs is 4. The van der Waals surface area contributed by atoms with E-state index in [1.807, 2.05) is 81.8 Å². The summed E-state index contributed by atoms with van der Waals surface area (Å²) >= 11 is 0. The van der Waals surface area contributed by atoms with E-state index in [0.29, 0.717) is 11.6 Å². The van der Waals surface area contributed by atoms with Crippen molar-refractivity contribution in [1.82, 2.24) is 60.3 Å². The summed E-state index contributed by atoms with van der Waals surface area (Å²) in [6.45, 7) is 4.00. The summed E-state index contributed by atoms with van der Waals surface area (Å²) in [5.41, 5.74) is 14.9. The molecule has 0 saturated heterocycles. The minimum atomic E-state index is -0.281. The van der Waals surface area contributed by atoms with Gasteiger partial charge in [-0.05, 0) is 82.9 Å². The van der Waals surface area contributed by atoms with E-state index < -0.39 is 0 Å². The van der Waals surface area contributed by atoms with E-state index in [4.69, 9.17) is 9.97 Å². The molecule has 328 valence electrons. The van der Waals surface area contributed by atoms with Gasteiger partial charge in [0.05, 0.1) is 57.4 Å². The molecule has 12 rings (SSSR count). The van der Waals surface area contributed by atoms with Crippen LogP contribution in [0, 0.1) is 11.6 Å². The molecular weight excluding hydrogens is 845 g/mol. The van der Waals surface area contributed by atoms with E-state index in [9.17, 15) is 8.78 Å². The zero-order chi connectivity index (χ0) is 46.0. The van der Waals surface area contributed by atoms with Crippen LogP contribution < -0.4 is 4.90 Å². The second-order valence-corrected chi connectivity index (χ2v) is 15.6. The molecule has 0 bridgehead atoms. The summed E-state index contributed by atoms with van der Waals surface area (Å²) < 4.78 is 26.8. The van der Waals surface area contributed by atoms with Crippen molar-refractivity contribution < 1.29 is 8.78 Å². The number of anilines is 1. The SMILES string of the molecule is CC.CN(C)c1cncc(-c2ccc3[nH]nc(-c4nc5c(-c6ccc(F)cc6)cncc5[nH]4)c3c2)c1.Fc1ccc(-c2cncc3[nH]c(-c4n[nH]c5ccc(-c6cccnc6)cc45)nc23)cc1. The number of hydrogen-bond donors (Lipinski definition) is 4. The van der Waals surface area contributed by atoms with Crippen molar-refractivity contribution in [3.8, 4) is 67.5 Å². The Hall–Kier alpha value is -8.98. The zero-order valence-corrected chi connectivity index (χ0v) is 36.7. The number of nitrogens with one attached hydrogen (secondary N) is 4. The van der Waals surface area contributed by atoms with Crippen LogP contribution in [0.25, 0.3) is 111 Å². The van der Waals surface area contributed by atoms with Crippen molar-refractivity contribution in [3.05, 3.63) is 164 Å². The highest BCUT2D eigenvalue weighted by molar-refractivity contribution is 5.99. The van der Waals surface area contributed by atoms with Crippen molar-refractivity contribution in [2.24, 2.45) is 0 Å². The Bertz CT molecular complexity index is 3670. The van der Waals surface area contributed by atoms with Crippen molar-refractivity contribution in [2.75, 3.05) is 19.0 Å². The molecule has 0 atom stereocenters. The predicted octanol–water partition coefficient (Wildman–Crippen LogP) is 11.8. The lowest BCUT2D eigenvalue weighted by molar-refractivity contribution is 0.627. The maximum absolute atomic E-state index is 13.4. The number of H-pyrrole nitrogens is 4. The number of halogens is 2. The minimum Gasteiger partial charge on any atom is -0.376 e. The number of rotatable bonds is 7. The van der Waals surface area contributed by atoms with Crippen LogP contribution in [0.2, 0.25) is 0 Å². The van der Waals surface area contributed by atoms with Crippen LogP contribution >= 0.6 is 0 Å². The van der Waals surface area contributed by atoms with Crippen LogP contribution in [0.1, 0.15) is 13.8 Å². The molecule has 0 unspecified atom stereocenters. The number of nitrogens with zero attached hydrogens (tertiary/aromatic N) is 9. The van der Waals surface area contributed by atoms with Gasteiger partial charge in [-0.2, -0.15) is 10.2 Å². The largest absolute Gasteiger partial charge is 0.376 e. The lowest BCUT2D eigenvalue weighted by Gasteiger charge is -2.13. The molecule has 67 heavy (non-hydrogen) atoms. The van der Waals surface area contributed by atoms with E-state index in [-0.39, 0.29) is 11.6 Å². The molecule has 0 aliphatic rings. The molecule has 8 heterocycles. The van der Waals surface area contributed by atoms with Crippen LogP contribution in [0.15, 0.2) is 153 Å². The fraction of sp³-hybridized carbons (Fsp3) is 0.0769. The molecule has 12 aromatic rings. The number of hydrogen-bond acceptors (Lipinski definition) is 9. The molecule has 0 saturated carbocycles. The Morgan fingerprint density at radius 2 is 0.925 bits per heavy atom. The molecule has 4 N–H and O–H groups in total. The Balaban J connectivity index is 0.000000152. The van der Waals surface area contributed by atoms with Crippen LogP contribution in [-0.2, 0) is 0 Å². The first-order chi connectivity index (χ1) is 32.8. The summed E-state index contributed by atoms with van der Waals surface area (Å²) in [4.78, 5) is 35.6. The molecule has 4 aromatic carbocycles. The number of aromatic nitrogens is 12. The van der Waals surface area contributed by atoms with Crippen molar-refractivity contribution >= 4 is 49.6 Å².